The van der Waals surface area contributed by atoms with Crippen molar-refractivity contribution in [2.24, 2.45) is 0 Å². The molecule has 0 atom stereocenters. The number of H-pyrrole nitrogens is 1. The Balaban J connectivity index is 2.04. The Labute approximate surface area is 105 Å². The molecule has 0 unspecified atom stereocenters. The second-order valence-corrected chi connectivity index (χ2v) is 4.77. The van der Waals surface area contributed by atoms with Gasteiger partial charge in [-0.25, -0.2) is 9.97 Å². The summed E-state index contributed by atoms with van der Waals surface area (Å²) in [6.45, 7) is 2.99. The van der Waals surface area contributed by atoms with Crippen LogP contribution in [0.4, 0.5) is 0 Å². The monoisotopic (exact) mass is 244 g/mol. The van der Waals surface area contributed by atoms with E-state index in [0.29, 0.717) is 11.7 Å². The Morgan fingerprint density at radius 3 is 3.06 bits per heavy atom. The molecule has 0 radical (unpaired) electrons. The summed E-state index contributed by atoms with van der Waals surface area (Å²) in [5.41, 5.74) is 1.72. The maximum atomic E-state index is 11.7. The van der Waals surface area contributed by atoms with Gasteiger partial charge in [-0.15, -0.1) is 0 Å². The summed E-state index contributed by atoms with van der Waals surface area (Å²) in [6.07, 6.45) is 6.84. The van der Waals surface area contributed by atoms with Crippen LogP contribution in [-0.4, -0.2) is 19.5 Å². The molecular formula is C13H16N4O. The topological polar surface area (TPSA) is 63.6 Å². The fourth-order valence-electron chi connectivity index (χ4n) is 2.12. The van der Waals surface area contributed by atoms with Crippen molar-refractivity contribution in [2.75, 3.05) is 0 Å². The molecule has 2 heterocycles. The largest absolute Gasteiger partial charge is 0.328 e. The highest BCUT2D eigenvalue weighted by molar-refractivity contribution is 5.48. The Kier molecular flexibility index (Phi) is 2.74. The highest BCUT2D eigenvalue weighted by atomic mass is 16.1. The van der Waals surface area contributed by atoms with E-state index in [0.717, 1.165) is 37.2 Å². The first-order valence-corrected chi connectivity index (χ1v) is 6.39. The minimum absolute atomic E-state index is 0.0776. The average molecular weight is 244 g/mol. The van der Waals surface area contributed by atoms with Gasteiger partial charge >= 0.3 is 0 Å². The van der Waals surface area contributed by atoms with Crippen molar-refractivity contribution in [3.63, 3.8) is 0 Å². The number of rotatable bonds is 4. The van der Waals surface area contributed by atoms with Crippen LogP contribution >= 0.6 is 0 Å². The molecule has 18 heavy (non-hydrogen) atoms. The molecule has 1 N–H and O–H groups in total. The molecule has 0 spiro atoms. The Morgan fingerprint density at radius 2 is 2.33 bits per heavy atom. The molecule has 5 nitrogen and oxygen atoms in total. The molecule has 1 saturated carbocycles. The van der Waals surface area contributed by atoms with E-state index in [1.165, 1.54) is 0 Å². The van der Waals surface area contributed by atoms with E-state index < -0.39 is 0 Å². The maximum Gasteiger partial charge on any atom is 0.251 e. The predicted octanol–water partition coefficient (Wildman–Crippen LogP) is 1.92. The van der Waals surface area contributed by atoms with Gasteiger partial charge in [0.15, 0.2) is 5.82 Å². The highest BCUT2D eigenvalue weighted by Crippen LogP contribution is 2.38. The molecular weight excluding hydrogens is 228 g/mol. The zero-order valence-corrected chi connectivity index (χ0v) is 10.4. The Bertz CT molecular complexity index is 609. The van der Waals surface area contributed by atoms with Gasteiger partial charge in [-0.1, -0.05) is 6.92 Å². The second-order valence-electron chi connectivity index (χ2n) is 4.77. The summed E-state index contributed by atoms with van der Waals surface area (Å²) in [4.78, 5) is 23.2. The molecule has 0 aliphatic heterocycles. The molecule has 5 heteroatoms. The number of aromatic amines is 1. The fourth-order valence-corrected chi connectivity index (χ4v) is 2.12. The van der Waals surface area contributed by atoms with E-state index in [2.05, 4.69) is 21.9 Å². The SMILES string of the molecule is CCCn1cncc1-c1nc(C2CC2)cc(=O)[nH]1. The lowest BCUT2D eigenvalue weighted by molar-refractivity contribution is 0.680. The lowest BCUT2D eigenvalue weighted by atomic mass is 10.2. The van der Waals surface area contributed by atoms with Crippen LogP contribution in [0.25, 0.3) is 11.5 Å². The van der Waals surface area contributed by atoms with Gasteiger partial charge < -0.3 is 9.55 Å². The third kappa shape index (κ3) is 2.08. The van der Waals surface area contributed by atoms with Gasteiger partial charge in [0.1, 0.15) is 5.69 Å². The van der Waals surface area contributed by atoms with Gasteiger partial charge in [0, 0.05) is 18.5 Å². The number of nitrogens with one attached hydrogen (secondary N) is 1. The Morgan fingerprint density at radius 1 is 1.50 bits per heavy atom. The summed E-state index contributed by atoms with van der Waals surface area (Å²) < 4.78 is 2.02. The molecule has 3 rings (SSSR count). The first kappa shape index (κ1) is 11.2. The Hall–Kier alpha value is -1.91. The summed E-state index contributed by atoms with van der Waals surface area (Å²) in [5, 5.41) is 0. The van der Waals surface area contributed by atoms with Gasteiger partial charge in [0.2, 0.25) is 0 Å². The maximum absolute atomic E-state index is 11.7. The number of nitrogens with zero attached hydrogens (tertiary/aromatic N) is 3. The summed E-state index contributed by atoms with van der Waals surface area (Å²) in [7, 11) is 0. The van der Waals surface area contributed by atoms with Crippen LogP contribution in [0, 0.1) is 0 Å². The molecule has 0 amide bonds. The van der Waals surface area contributed by atoms with Crippen LogP contribution in [0.15, 0.2) is 23.4 Å². The molecule has 0 aromatic carbocycles. The van der Waals surface area contributed by atoms with Crippen molar-refractivity contribution in [3.05, 3.63) is 34.6 Å². The lowest BCUT2D eigenvalue weighted by Crippen LogP contribution is -2.11. The van der Waals surface area contributed by atoms with E-state index >= 15 is 0 Å². The van der Waals surface area contributed by atoms with Gasteiger partial charge in [0.05, 0.1) is 18.2 Å². The van der Waals surface area contributed by atoms with Crippen LogP contribution in [0.2, 0.25) is 0 Å². The third-order valence-electron chi connectivity index (χ3n) is 3.18. The minimum atomic E-state index is -0.0776. The van der Waals surface area contributed by atoms with E-state index in [-0.39, 0.29) is 5.56 Å². The van der Waals surface area contributed by atoms with E-state index in [1.54, 1.807) is 18.6 Å². The lowest BCUT2D eigenvalue weighted by Gasteiger charge is -2.06. The van der Waals surface area contributed by atoms with Gasteiger partial charge in [-0.3, -0.25) is 4.79 Å². The van der Waals surface area contributed by atoms with Crippen molar-refractivity contribution < 1.29 is 0 Å². The molecule has 2 aromatic rings. The molecule has 1 fully saturated rings. The standard InChI is InChI=1S/C13H16N4O/c1-2-5-17-8-14-7-11(17)13-15-10(9-3-4-9)6-12(18)16-13/h6-9H,2-5H2,1H3,(H,15,16,18). The number of aromatic nitrogens is 4. The van der Waals surface area contributed by atoms with Crippen LogP contribution in [-0.2, 0) is 6.54 Å². The van der Waals surface area contributed by atoms with Crippen LogP contribution < -0.4 is 5.56 Å². The van der Waals surface area contributed by atoms with Gasteiger partial charge in [0.25, 0.3) is 5.56 Å². The van der Waals surface area contributed by atoms with Crippen LogP contribution in [0.3, 0.4) is 0 Å². The van der Waals surface area contributed by atoms with Crippen molar-refractivity contribution in [2.45, 2.75) is 38.6 Å². The number of hydrogen-bond donors (Lipinski definition) is 1. The fraction of sp³-hybridized carbons (Fsp3) is 0.462. The normalized spacial score (nSPS) is 14.9. The molecule has 94 valence electrons. The highest BCUT2D eigenvalue weighted by Gasteiger charge is 2.26. The van der Waals surface area contributed by atoms with Crippen molar-refractivity contribution in [1.29, 1.82) is 0 Å². The van der Waals surface area contributed by atoms with Gasteiger partial charge in [-0.2, -0.15) is 0 Å². The van der Waals surface area contributed by atoms with E-state index in [4.69, 9.17) is 0 Å². The van der Waals surface area contributed by atoms with E-state index in [9.17, 15) is 4.79 Å². The first-order chi connectivity index (χ1) is 8.78. The smallest absolute Gasteiger partial charge is 0.251 e. The van der Waals surface area contributed by atoms with Crippen molar-refractivity contribution >= 4 is 0 Å². The zero-order valence-electron chi connectivity index (χ0n) is 10.4. The van der Waals surface area contributed by atoms with Crippen LogP contribution in [0.5, 0.6) is 0 Å². The number of imidazole rings is 1. The quantitative estimate of drug-likeness (QED) is 0.893. The molecule has 0 saturated heterocycles. The molecule has 1 aliphatic carbocycles. The predicted molar refractivity (Wildman–Crippen MR) is 68.3 cm³/mol. The van der Waals surface area contributed by atoms with Gasteiger partial charge in [-0.05, 0) is 19.3 Å². The summed E-state index contributed by atoms with van der Waals surface area (Å²) >= 11 is 0. The first-order valence-electron chi connectivity index (χ1n) is 6.39. The molecule has 1 aliphatic rings. The zero-order chi connectivity index (χ0) is 12.5. The summed E-state index contributed by atoms with van der Waals surface area (Å²) in [6, 6.07) is 1.61. The third-order valence-corrected chi connectivity index (χ3v) is 3.18. The number of aryl methyl sites for hydroxylation is 1. The second kappa shape index (κ2) is 4.40. The van der Waals surface area contributed by atoms with Crippen molar-refractivity contribution in [1.82, 2.24) is 19.5 Å². The molecule has 2 aromatic heterocycles. The number of hydrogen-bond acceptors (Lipinski definition) is 3. The average Bonchev–Trinajstić information content (AvgIpc) is 3.10. The van der Waals surface area contributed by atoms with Crippen molar-refractivity contribution in [3.8, 4) is 11.5 Å². The van der Waals surface area contributed by atoms with Crippen LogP contribution in [0.1, 0.15) is 37.8 Å². The molecule has 0 bridgehead atoms. The summed E-state index contributed by atoms with van der Waals surface area (Å²) in [5.74, 6) is 1.11. The van der Waals surface area contributed by atoms with E-state index in [1.807, 2.05) is 4.57 Å². The minimum Gasteiger partial charge on any atom is -0.328 e.